The molecule has 0 spiro atoms. The lowest BCUT2D eigenvalue weighted by atomic mass is 9.87. The molecule has 2 aromatic rings. The third-order valence-electron chi connectivity index (χ3n) is 4.58. The summed E-state index contributed by atoms with van der Waals surface area (Å²) in [6.45, 7) is 1.87. The molecule has 2 aromatic carbocycles. The lowest BCUT2D eigenvalue weighted by Crippen LogP contribution is -2.43. The molecule has 0 saturated carbocycles. The van der Waals surface area contributed by atoms with Crippen molar-refractivity contribution in [3.63, 3.8) is 0 Å². The Morgan fingerprint density at radius 3 is 2.50 bits per heavy atom. The van der Waals surface area contributed by atoms with Crippen LogP contribution in [0.2, 0.25) is 5.02 Å². The van der Waals surface area contributed by atoms with Gasteiger partial charge in [-0.05, 0) is 22.8 Å². The van der Waals surface area contributed by atoms with Gasteiger partial charge in [-0.15, -0.1) is 0 Å². The Morgan fingerprint density at radius 1 is 1.14 bits per heavy atom. The predicted octanol–water partition coefficient (Wildman–Crippen LogP) is 3.52. The van der Waals surface area contributed by atoms with E-state index in [1.807, 2.05) is 18.2 Å². The molecule has 3 nitrogen and oxygen atoms in total. The molecule has 22 heavy (non-hydrogen) atoms. The van der Waals surface area contributed by atoms with Crippen LogP contribution in [0.4, 0.5) is 0 Å². The van der Waals surface area contributed by atoms with Gasteiger partial charge < -0.3 is 14.7 Å². The summed E-state index contributed by atoms with van der Waals surface area (Å²) < 4.78 is 0.867. The molecule has 2 atom stereocenters. The fourth-order valence-corrected chi connectivity index (χ4v) is 3.62. The molecule has 1 aliphatic heterocycles. The molecule has 1 heterocycles. The van der Waals surface area contributed by atoms with Gasteiger partial charge in [0.05, 0.1) is 38.1 Å². The topological polar surface area (TPSA) is 40.5 Å². The van der Waals surface area contributed by atoms with E-state index < -0.39 is 0 Å². The maximum absolute atomic E-state index is 10.0. The van der Waals surface area contributed by atoms with Crippen molar-refractivity contribution in [2.75, 3.05) is 27.2 Å². The number of quaternary nitrogens is 1. The highest BCUT2D eigenvalue weighted by Crippen LogP contribution is 2.44. The maximum atomic E-state index is 10.0. The molecule has 0 saturated heterocycles. The van der Waals surface area contributed by atoms with Crippen molar-refractivity contribution in [1.29, 1.82) is 0 Å². The van der Waals surface area contributed by atoms with E-state index in [-0.39, 0.29) is 22.4 Å². The first-order valence-electron chi connectivity index (χ1n) is 7.49. The minimum Gasteiger partial charge on any atom is -0.504 e. The Morgan fingerprint density at radius 2 is 1.82 bits per heavy atom. The highest BCUT2D eigenvalue weighted by molar-refractivity contribution is 6.33. The highest BCUT2D eigenvalue weighted by Gasteiger charge is 2.33. The first kappa shape index (κ1) is 15.2. The third-order valence-corrected chi connectivity index (χ3v) is 4.98. The van der Waals surface area contributed by atoms with Crippen molar-refractivity contribution in [2.24, 2.45) is 0 Å². The second-order valence-electron chi connectivity index (χ2n) is 6.68. The largest absolute Gasteiger partial charge is 0.504 e. The zero-order chi connectivity index (χ0) is 15.9. The van der Waals surface area contributed by atoms with Gasteiger partial charge in [0.25, 0.3) is 0 Å². The Labute approximate surface area is 136 Å². The number of phenols is 2. The average Bonchev–Trinajstić information content (AvgIpc) is 2.63. The van der Waals surface area contributed by atoms with E-state index in [4.69, 9.17) is 11.6 Å². The summed E-state index contributed by atoms with van der Waals surface area (Å²) in [6, 6.07) is 12.0. The Hall–Kier alpha value is -1.71. The third kappa shape index (κ3) is 2.67. The highest BCUT2D eigenvalue weighted by atomic mass is 35.5. The monoisotopic (exact) mass is 319 g/mol. The molecule has 0 bridgehead atoms. The molecule has 1 aliphatic rings. The van der Waals surface area contributed by atoms with Crippen molar-refractivity contribution in [3.05, 3.63) is 58.1 Å². The van der Waals surface area contributed by atoms with Crippen LogP contribution in [0.1, 0.15) is 22.6 Å². The molecule has 0 radical (unpaired) electrons. The Bertz CT molecular complexity index is 698. The maximum Gasteiger partial charge on any atom is 0.176 e. The number of nitrogens with zero attached hydrogens (tertiary/aromatic N) is 1. The molecular formula is C18H21ClNO2+. The fourth-order valence-electron chi connectivity index (χ4n) is 3.32. The van der Waals surface area contributed by atoms with Crippen molar-refractivity contribution >= 4 is 11.6 Å². The zero-order valence-corrected chi connectivity index (χ0v) is 13.6. The molecule has 1 unspecified atom stereocenters. The Kier molecular flexibility index (Phi) is 3.79. The normalized spacial score (nSPS) is 24.6. The lowest BCUT2D eigenvalue weighted by Gasteiger charge is -2.31. The van der Waals surface area contributed by atoms with E-state index >= 15 is 0 Å². The average molecular weight is 320 g/mol. The van der Waals surface area contributed by atoms with Gasteiger partial charge in [-0.1, -0.05) is 41.9 Å². The van der Waals surface area contributed by atoms with E-state index in [2.05, 4.69) is 26.2 Å². The lowest BCUT2D eigenvalue weighted by molar-refractivity contribution is -0.890. The zero-order valence-electron chi connectivity index (χ0n) is 12.9. The van der Waals surface area contributed by atoms with Gasteiger partial charge in [0, 0.05) is 6.42 Å². The second kappa shape index (κ2) is 5.49. The van der Waals surface area contributed by atoms with Crippen LogP contribution in [0, 0.1) is 0 Å². The number of hydrogen-bond donors (Lipinski definition) is 2. The van der Waals surface area contributed by atoms with Gasteiger partial charge in [0.15, 0.2) is 11.5 Å². The molecule has 3 rings (SSSR count). The van der Waals surface area contributed by atoms with Crippen LogP contribution >= 0.6 is 11.6 Å². The van der Waals surface area contributed by atoms with E-state index in [1.165, 1.54) is 5.56 Å². The van der Waals surface area contributed by atoms with Crippen LogP contribution in [0.3, 0.4) is 0 Å². The van der Waals surface area contributed by atoms with E-state index in [9.17, 15) is 10.2 Å². The van der Waals surface area contributed by atoms with Gasteiger partial charge in [-0.3, -0.25) is 0 Å². The number of aromatic hydroxyl groups is 2. The first-order valence-corrected chi connectivity index (χ1v) is 7.87. The van der Waals surface area contributed by atoms with E-state index in [1.54, 1.807) is 6.07 Å². The van der Waals surface area contributed by atoms with Crippen LogP contribution in [0.15, 0.2) is 36.4 Å². The van der Waals surface area contributed by atoms with Crippen molar-refractivity contribution in [3.8, 4) is 11.5 Å². The van der Waals surface area contributed by atoms with Crippen LogP contribution in [0.5, 0.6) is 11.5 Å². The van der Waals surface area contributed by atoms with Gasteiger partial charge >= 0.3 is 0 Å². The van der Waals surface area contributed by atoms with Crippen LogP contribution < -0.4 is 0 Å². The molecular weight excluding hydrogens is 299 g/mol. The SMILES string of the molecule is C[N+]1([13CH3])CCc2c(cc(O)c(O)c2Cl)[C@@H](c2ccccc2)C1. The second-order valence-corrected chi connectivity index (χ2v) is 7.06. The van der Waals surface area contributed by atoms with Crippen molar-refractivity contribution < 1.29 is 14.7 Å². The summed E-state index contributed by atoms with van der Waals surface area (Å²) in [5.41, 5.74) is 3.18. The summed E-state index contributed by atoms with van der Waals surface area (Å²) in [6.07, 6.45) is 0.790. The number of fused-ring (bicyclic) bond motifs is 1. The van der Waals surface area contributed by atoms with Gasteiger partial charge in [-0.2, -0.15) is 0 Å². The molecule has 0 aliphatic carbocycles. The minimum absolute atomic E-state index is 0.142. The quantitative estimate of drug-likeness (QED) is 0.480. The van der Waals surface area contributed by atoms with Crippen molar-refractivity contribution in [1.82, 2.24) is 0 Å². The molecule has 0 fully saturated rings. The summed E-state index contributed by atoms with van der Waals surface area (Å²) in [5, 5.41) is 20.2. The summed E-state index contributed by atoms with van der Waals surface area (Å²) >= 11 is 6.32. The molecule has 116 valence electrons. The molecule has 4 heteroatoms. The van der Waals surface area contributed by atoms with Crippen LogP contribution in [-0.2, 0) is 6.42 Å². The minimum atomic E-state index is -0.209. The van der Waals surface area contributed by atoms with Gasteiger partial charge in [0.2, 0.25) is 0 Å². The summed E-state index contributed by atoms with van der Waals surface area (Å²) in [5.74, 6) is -0.200. The molecule has 2 N–H and O–H groups in total. The first-order chi connectivity index (χ1) is 10.4. The van der Waals surface area contributed by atoms with Gasteiger partial charge in [-0.25, -0.2) is 0 Å². The van der Waals surface area contributed by atoms with Crippen LogP contribution in [-0.4, -0.2) is 41.9 Å². The fraction of sp³-hybridized carbons (Fsp3) is 0.333. The van der Waals surface area contributed by atoms with Crippen molar-refractivity contribution in [2.45, 2.75) is 12.3 Å². The summed E-state index contributed by atoms with van der Waals surface area (Å²) in [4.78, 5) is 0. The standard InChI is InChI=1S/C18H20ClNO2/c1-20(2)9-8-13-14(10-16(21)18(22)17(13)19)15(11-20)12-6-4-3-5-7-12/h3-7,10,15H,8-9,11H2,1-2H3,(H-,21,22)/p+1/t15-/m1/s1/i1+1/t15-,20?. The smallest absolute Gasteiger partial charge is 0.176 e. The number of rotatable bonds is 1. The Balaban J connectivity index is 2.21. The van der Waals surface area contributed by atoms with E-state index in [0.717, 1.165) is 35.1 Å². The van der Waals surface area contributed by atoms with Crippen LogP contribution in [0.25, 0.3) is 0 Å². The van der Waals surface area contributed by atoms with E-state index in [0.29, 0.717) is 0 Å². The number of halogens is 1. The molecule has 0 aromatic heterocycles. The number of hydrogen-bond acceptors (Lipinski definition) is 2. The number of benzene rings is 2. The number of likely N-dealkylation sites (N-methyl/N-ethyl adjacent to an activating group) is 1. The number of phenolic OH excluding ortho intramolecular Hbond substituents is 2. The molecule has 0 amide bonds. The predicted molar refractivity (Wildman–Crippen MR) is 88.6 cm³/mol. The van der Waals surface area contributed by atoms with Gasteiger partial charge in [0.1, 0.15) is 0 Å². The summed E-state index contributed by atoms with van der Waals surface area (Å²) in [7, 11) is 4.41.